The minimum atomic E-state index is -0.639. The molecule has 0 heterocycles. The van der Waals surface area contributed by atoms with Crippen molar-refractivity contribution in [3.63, 3.8) is 0 Å². The molecule has 0 rings (SSSR count). The van der Waals surface area contributed by atoms with Crippen molar-refractivity contribution in [3.05, 3.63) is 0 Å². The van der Waals surface area contributed by atoms with E-state index in [1.807, 2.05) is 0 Å². The average Bonchev–Trinajstić information content (AvgIpc) is 0.811. The van der Waals surface area contributed by atoms with E-state index in [9.17, 15) is 0 Å². The zero-order chi connectivity index (χ0) is 3.58. The molecule has 0 aliphatic carbocycles. The number of amides is 1. The van der Waals surface area contributed by atoms with Gasteiger partial charge in [0, 0.05) is 17.1 Å². The monoisotopic (exact) mass is 175 g/mol. The predicted octanol–water partition coefficient (Wildman–Crippen LogP) is -0.163. The van der Waals surface area contributed by atoms with E-state index in [0.717, 1.165) is 0 Å². The van der Waals surface area contributed by atoms with Crippen molar-refractivity contribution in [2.45, 2.75) is 0 Å². The van der Waals surface area contributed by atoms with Crippen LogP contribution in [-0.4, -0.2) is 43.0 Å². The Kier molecular flexibility index (Phi) is 25.5. The minimum absolute atomic E-state index is 0. The van der Waals surface area contributed by atoms with Gasteiger partial charge >= 0.3 is 37.7 Å². The summed E-state index contributed by atoms with van der Waals surface area (Å²) in [6.45, 7) is 0. The maximum absolute atomic E-state index is 9.09. The molecule has 5 heteroatoms. The van der Waals surface area contributed by atoms with Gasteiger partial charge in [0.25, 0.3) is 5.24 Å². The predicted molar refractivity (Wildman–Crippen MR) is 26.5 cm³/mol. The number of carbonyl (C=O) groups is 1. The van der Waals surface area contributed by atoms with Crippen molar-refractivity contribution in [1.82, 2.24) is 0 Å². The maximum atomic E-state index is 9.09. The SMILES string of the molecule is NC(=O)S.[Ca+2].[Fe].[H-].[H-]. The molecule has 36 valence electrons. The third-order valence-corrected chi connectivity index (χ3v) is 0. The smallest absolute Gasteiger partial charge is 1.00 e. The summed E-state index contributed by atoms with van der Waals surface area (Å²) in [6, 6.07) is 0. The van der Waals surface area contributed by atoms with Gasteiger partial charge < -0.3 is 8.59 Å². The number of thiol groups is 1. The van der Waals surface area contributed by atoms with E-state index in [2.05, 4.69) is 18.4 Å². The van der Waals surface area contributed by atoms with Crippen molar-refractivity contribution in [3.8, 4) is 0 Å². The Balaban J connectivity index is -0.00000000750. The molecule has 6 heavy (non-hydrogen) atoms. The average molecular weight is 175 g/mol. The Hall–Kier alpha value is 1.60. The van der Waals surface area contributed by atoms with Gasteiger partial charge in [-0.25, -0.2) is 0 Å². The molecule has 0 saturated carbocycles. The van der Waals surface area contributed by atoms with Gasteiger partial charge in [-0.3, -0.25) is 4.79 Å². The molecule has 0 aliphatic rings. The summed E-state index contributed by atoms with van der Waals surface area (Å²) < 4.78 is 0. The summed E-state index contributed by atoms with van der Waals surface area (Å²) in [5.41, 5.74) is 4.34. The van der Waals surface area contributed by atoms with Gasteiger partial charge in [0.15, 0.2) is 0 Å². The van der Waals surface area contributed by atoms with E-state index in [1.165, 1.54) is 0 Å². The number of rotatable bonds is 0. The van der Waals surface area contributed by atoms with Crippen LogP contribution < -0.4 is 5.73 Å². The molecule has 0 spiro atoms. The van der Waals surface area contributed by atoms with E-state index in [-0.39, 0.29) is 57.7 Å². The number of hydrogen-bond donors (Lipinski definition) is 2. The van der Waals surface area contributed by atoms with Crippen LogP contribution in [-0.2, 0) is 17.1 Å². The van der Waals surface area contributed by atoms with Gasteiger partial charge in [0.2, 0.25) is 0 Å². The summed E-state index contributed by atoms with van der Waals surface area (Å²) in [6.07, 6.45) is 0. The van der Waals surface area contributed by atoms with Crippen molar-refractivity contribution in [2.24, 2.45) is 5.73 Å². The second kappa shape index (κ2) is 9.78. The van der Waals surface area contributed by atoms with E-state index < -0.39 is 5.24 Å². The van der Waals surface area contributed by atoms with Crippen molar-refractivity contribution in [2.75, 3.05) is 0 Å². The van der Waals surface area contributed by atoms with Crippen molar-refractivity contribution >= 4 is 55.6 Å². The van der Waals surface area contributed by atoms with Gasteiger partial charge in [-0.1, -0.05) is 12.6 Å². The van der Waals surface area contributed by atoms with Crippen molar-refractivity contribution in [1.29, 1.82) is 0 Å². The molecule has 0 aliphatic heterocycles. The fourth-order valence-corrected chi connectivity index (χ4v) is 0. The fraction of sp³-hybridized carbons (Fsp3) is 0. The molecule has 0 aromatic carbocycles. The molecule has 0 fully saturated rings. The molecule has 0 atom stereocenters. The number of nitrogens with two attached hydrogens (primary N) is 1. The standard InChI is InChI=1S/CH3NOS.Ca.Fe.2H/c2-1(3)4;;;;/h(H3,2,3,4);;;;/q;+2;;2*-1. The molecule has 0 aromatic rings. The largest absolute Gasteiger partial charge is 2.00 e. The summed E-state index contributed by atoms with van der Waals surface area (Å²) in [5, 5.41) is -0.639. The van der Waals surface area contributed by atoms with Crippen LogP contribution in [0.2, 0.25) is 0 Å². The summed E-state index contributed by atoms with van der Waals surface area (Å²) >= 11 is 3.10. The Morgan fingerprint density at radius 2 is 1.83 bits per heavy atom. The van der Waals surface area contributed by atoms with Gasteiger partial charge in [-0.2, -0.15) is 0 Å². The quantitative estimate of drug-likeness (QED) is 0.389. The molecule has 0 unspecified atom stereocenters. The van der Waals surface area contributed by atoms with Gasteiger partial charge in [0.05, 0.1) is 0 Å². The third kappa shape index (κ3) is 46.3. The minimum Gasteiger partial charge on any atom is -1.00 e. The Morgan fingerprint density at radius 3 is 1.83 bits per heavy atom. The van der Waals surface area contributed by atoms with Crippen LogP contribution in [0.25, 0.3) is 0 Å². The maximum Gasteiger partial charge on any atom is 2.00 e. The number of carbonyl (C=O) groups excluding carboxylic acids is 1. The summed E-state index contributed by atoms with van der Waals surface area (Å²) in [5.74, 6) is 0. The first-order valence-corrected chi connectivity index (χ1v) is 1.16. The van der Waals surface area contributed by atoms with Crippen LogP contribution in [0.4, 0.5) is 4.79 Å². The molecule has 0 saturated heterocycles. The van der Waals surface area contributed by atoms with Crippen LogP contribution in [0.3, 0.4) is 0 Å². The third-order valence-electron chi connectivity index (χ3n) is 0. The van der Waals surface area contributed by atoms with Crippen LogP contribution in [0.5, 0.6) is 0 Å². The first-order valence-electron chi connectivity index (χ1n) is 0.716. The van der Waals surface area contributed by atoms with Crippen molar-refractivity contribution < 1.29 is 24.7 Å². The zero-order valence-corrected chi connectivity index (χ0v) is 7.20. The summed E-state index contributed by atoms with van der Waals surface area (Å²) in [7, 11) is 0. The van der Waals surface area contributed by atoms with E-state index in [1.54, 1.807) is 0 Å². The second-order valence-corrected chi connectivity index (χ2v) is 0.779. The summed E-state index contributed by atoms with van der Waals surface area (Å²) in [4.78, 5) is 9.09. The molecule has 1 amide bonds. The fourth-order valence-electron chi connectivity index (χ4n) is 0. The first-order chi connectivity index (χ1) is 1.73. The topological polar surface area (TPSA) is 43.1 Å². The van der Waals surface area contributed by atoms with Gasteiger partial charge in [-0.15, -0.1) is 0 Å². The zero-order valence-electron chi connectivity index (χ0n) is 4.99. The Bertz CT molecular complexity index is 45.0. The molecular weight excluding hydrogens is 170 g/mol. The molecular formula is CH5CaFeNOS. The molecule has 0 bridgehead atoms. The van der Waals surface area contributed by atoms with Crippen LogP contribution in [0.1, 0.15) is 2.85 Å². The van der Waals surface area contributed by atoms with Crippen LogP contribution in [0, 0.1) is 0 Å². The van der Waals surface area contributed by atoms with E-state index >= 15 is 0 Å². The first kappa shape index (κ1) is 15.6. The Morgan fingerprint density at radius 1 is 1.83 bits per heavy atom. The van der Waals surface area contributed by atoms with Gasteiger partial charge in [-0.05, 0) is 0 Å². The number of primary amides is 1. The molecule has 2 N–H and O–H groups in total. The van der Waals surface area contributed by atoms with Crippen LogP contribution in [0.15, 0.2) is 0 Å². The normalized spacial score (nSPS) is 4.17. The van der Waals surface area contributed by atoms with Gasteiger partial charge in [0.1, 0.15) is 0 Å². The van der Waals surface area contributed by atoms with E-state index in [0.29, 0.717) is 0 Å². The molecule has 0 aromatic heterocycles. The molecule has 2 nitrogen and oxygen atoms in total. The number of hydrogen-bond acceptors (Lipinski definition) is 1. The van der Waals surface area contributed by atoms with E-state index in [4.69, 9.17) is 4.79 Å². The van der Waals surface area contributed by atoms with Crippen LogP contribution >= 0.6 is 12.6 Å². The second-order valence-electron chi connectivity index (χ2n) is 0.338. The molecule has 0 radical (unpaired) electrons. The Labute approximate surface area is 85.1 Å².